The molecule has 0 atom stereocenters. The minimum atomic E-state index is -4.62. The van der Waals surface area contributed by atoms with Crippen LogP contribution in [0, 0.1) is 0 Å². The fourth-order valence-electron chi connectivity index (χ4n) is 1.60. The second-order valence-corrected chi connectivity index (χ2v) is 5.86. The Bertz CT molecular complexity index is 573. The van der Waals surface area contributed by atoms with Gasteiger partial charge in [0.25, 0.3) is 0 Å². The molecule has 0 fully saturated rings. The fraction of sp³-hybridized carbons (Fsp3) is 0.455. The maximum absolute atomic E-state index is 12.4. The molecule has 0 radical (unpaired) electrons. The monoisotopic (exact) mass is 312 g/mol. The van der Waals surface area contributed by atoms with Crippen molar-refractivity contribution in [2.45, 2.75) is 18.0 Å². The summed E-state index contributed by atoms with van der Waals surface area (Å²) in [4.78, 5) is -0.347. The number of nitrogens with two attached hydrogens (primary N) is 1. The summed E-state index contributed by atoms with van der Waals surface area (Å²) in [6, 6.07) is 3.66. The van der Waals surface area contributed by atoms with E-state index in [0.717, 1.165) is 6.07 Å². The zero-order valence-electron chi connectivity index (χ0n) is 10.9. The number of nitrogen functional groups attached to an aromatic ring is 1. The molecular formula is C11H15F3N2O3S. The molecular weight excluding hydrogens is 297 g/mol. The van der Waals surface area contributed by atoms with E-state index in [0.29, 0.717) is 4.31 Å². The van der Waals surface area contributed by atoms with E-state index in [-0.39, 0.29) is 22.9 Å². The summed E-state index contributed by atoms with van der Waals surface area (Å²) < 4.78 is 67.0. The van der Waals surface area contributed by atoms with Gasteiger partial charge in [0.2, 0.25) is 10.0 Å². The van der Waals surface area contributed by atoms with Gasteiger partial charge in [0, 0.05) is 18.3 Å². The quantitative estimate of drug-likeness (QED) is 0.842. The molecule has 2 N–H and O–H groups in total. The Morgan fingerprint density at radius 2 is 1.95 bits per heavy atom. The van der Waals surface area contributed by atoms with Crippen molar-refractivity contribution in [1.29, 1.82) is 0 Å². The van der Waals surface area contributed by atoms with Crippen molar-refractivity contribution in [2.75, 3.05) is 25.9 Å². The molecule has 1 aromatic rings. The summed E-state index contributed by atoms with van der Waals surface area (Å²) >= 11 is 0. The van der Waals surface area contributed by atoms with Gasteiger partial charge in [-0.3, -0.25) is 0 Å². The molecule has 0 amide bonds. The van der Waals surface area contributed by atoms with Gasteiger partial charge in [-0.05, 0) is 12.1 Å². The van der Waals surface area contributed by atoms with Crippen LogP contribution in [0.1, 0.15) is 6.92 Å². The van der Waals surface area contributed by atoms with E-state index >= 15 is 0 Å². The predicted molar refractivity (Wildman–Crippen MR) is 67.9 cm³/mol. The summed E-state index contributed by atoms with van der Waals surface area (Å²) in [5.41, 5.74) is 5.74. The molecule has 20 heavy (non-hydrogen) atoms. The van der Waals surface area contributed by atoms with Gasteiger partial charge in [-0.15, -0.1) is 0 Å². The summed E-state index contributed by atoms with van der Waals surface area (Å²) in [5.74, 6) is -0.0920. The van der Waals surface area contributed by atoms with Crippen LogP contribution in [0.25, 0.3) is 0 Å². The topological polar surface area (TPSA) is 72.6 Å². The van der Waals surface area contributed by atoms with E-state index in [1.54, 1.807) is 0 Å². The van der Waals surface area contributed by atoms with Gasteiger partial charge in [0.15, 0.2) is 0 Å². The number of hydrogen-bond acceptors (Lipinski definition) is 4. The second-order valence-electron chi connectivity index (χ2n) is 3.96. The van der Waals surface area contributed by atoms with Crippen LogP contribution in [0.15, 0.2) is 23.1 Å². The number of hydrogen-bond donors (Lipinski definition) is 1. The van der Waals surface area contributed by atoms with E-state index in [1.807, 2.05) is 0 Å². The largest absolute Gasteiger partial charge is 0.495 e. The van der Waals surface area contributed by atoms with Crippen LogP contribution in [-0.2, 0) is 10.0 Å². The number of sulfonamides is 1. The van der Waals surface area contributed by atoms with E-state index < -0.39 is 22.7 Å². The first kappa shape index (κ1) is 16.6. The molecule has 1 rings (SSSR count). The highest BCUT2D eigenvalue weighted by atomic mass is 32.2. The molecule has 0 heterocycles. The van der Waals surface area contributed by atoms with Crippen LogP contribution in [0.5, 0.6) is 5.75 Å². The highest BCUT2D eigenvalue weighted by Gasteiger charge is 2.37. The van der Waals surface area contributed by atoms with Crippen molar-refractivity contribution in [3.05, 3.63) is 18.2 Å². The average Bonchev–Trinajstić information content (AvgIpc) is 2.34. The van der Waals surface area contributed by atoms with Gasteiger partial charge in [0.1, 0.15) is 17.2 Å². The smallest absolute Gasteiger partial charge is 0.402 e. The Hall–Kier alpha value is -1.48. The van der Waals surface area contributed by atoms with Gasteiger partial charge in [-0.2, -0.15) is 17.5 Å². The second kappa shape index (κ2) is 5.88. The molecule has 1 aromatic carbocycles. The van der Waals surface area contributed by atoms with Crippen molar-refractivity contribution in [3.8, 4) is 5.75 Å². The Morgan fingerprint density at radius 3 is 2.40 bits per heavy atom. The summed E-state index contributed by atoms with van der Waals surface area (Å²) in [7, 11) is -3.09. The lowest BCUT2D eigenvalue weighted by Gasteiger charge is -2.22. The summed E-state index contributed by atoms with van der Waals surface area (Å²) in [6.07, 6.45) is -4.62. The van der Waals surface area contributed by atoms with Crippen molar-refractivity contribution in [2.24, 2.45) is 0 Å². The molecule has 0 aliphatic heterocycles. The lowest BCUT2D eigenvalue weighted by molar-refractivity contribution is -0.135. The van der Waals surface area contributed by atoms with Gasteiger partial charge in [-0.1, -0.05) is 6.92 Å². The number of alkyl halides is 3. The van der Waals surface area contributed by atoms with Gasteiger partial charge < -0.3 is 10.5 Å². The van der Waals surface area contributed by atoms with Crippen LogP contribution in [-0.4, -0.2) is 39.1 Å². The first-order valence-corrected chi connectivity index (χ1v) is 7.06. The Kier molecular flexibility index (Phi) is 4.87. The summed E-state index contributed by atoms with van der Waals surface area (Å²) in [5, 5.41) is 0. The first-order chi connectivity index (χ1) is 9.11. The number of nitrogens with zero attached hydrogens (tertiary/aromatic N) is 1. The number of halogens is 3. The molecule has 0 saturated heterocycles. The van der Waals surface area contributed by atoms with Gasteiger partial charge >= 0.3 is 6.18 Å². The van der Waals surface area contributed by atoms with Crippen molar-refractivity contribution >= 4 is 15.7 Å². The first-order valence-electron chi connectivity index (χ1n) is 5.62. The normalized spacial score (nSPS) is 12.7. The minimum Gasteiger partial charge on any atom is -0.495 e. The highest BCUT2D eigenvalue weighted by Crippen LogP contribution is 2.30. The third-order valence-electron chi connectivity index (χ3n) is 2.51. The Labute approximate surface area is 115 Å². The average molecular weight is 312 g/mol. The lowest BCUT2D eigenvalue weighted by atomic mass is 10.3. The number of anilines is 1. The molecule has 0 unspecified atom stereocenters. The molecule has 5 nitrogen and oxygen atoms in total. The van der Waals surface area contributed by atoms with Crippen LogP contribution in [0.2, 0.25) is 0 Å². The molecule has 0 aromatic heterocycles. The number of methoxy groups -OCH3 is 1. The molecule has 0 aliphatic carbocycles. The van der Waals surface area contributed by atoms with E-state index in [9.17, 15) is 21.6 Å². The van der Waals surface area contributed by atoms with Crippen LogP contribution >= 0.6 is 0 Å². The fourth-order valence-corrected chi connectivity index (χ4v) is 3.17. The minimum absolute atomic E-state index is 0.0920. The Morgan fingerprint density at radius 1 is 1.35 bits per heavy atom. The van der Waals surface area contributed by atoms with E-state index in [4.69, 9.17) is 10.5 Å². The molecule has 9 heteroatoms. The van der Waals surface area contributed by atoms with Crippen molar-refractivity contribution in [1.82, 2.24) is 4.31 Å². The van der Waals surface area contributed by atoms with Gasteiger partial charge in [0.05, 0.1) is 7.11 Å². The van der Waals surface area contributed by atoms with E-state index in [1.165, 1.54) is 26.2 Å². The van der Waals surface area contributed by atoms with Crippen molar-refractivity contribution < 1.29 is 26.3 Å². The maximum Gasteiger partial charge on any atom is 0.402 e. The molecule has 0 aliphatic rings. The lowest BCUT2D eigenvalue weighted by Crippen LogP contribution is -2.38. The molecule has 0 spiro atoms. The predicted octanol–water partition coefficient (Wildman–Crippen LogP) is 1.85. The Balaban J connectivity index is 3.27. The zero-order valence-corrected chi connectivity index (χ0v) is 11.8. The van der Waals surface area contributed by atoms with Crippen LogP contribution in [0.4, 0.5) is 18.9 Å². The summed E-state index contributed by atoms with van der Waals surface area (Å²) in [6.45, 7) is -0.540. The van der Waals surface area contributed by atoms with E-state index in [2.05, 4.69) is 0 Å². The molecule has 0 bridgehead atoms. The van der Waals surface area contributed by atoms with Crippen molar-refractivity contribution in [3.63, 3.8) is 0 Å². The SMILES string of the molecule is CCN(CC(F)(F)F)S(=O)(=O)c1ccc(N)cc1OC. The zero-order chi connectivity index (χ0) is 15.6. The van der Waals surface area contributed by atoms with Gasteiger partial charge in [-0.25, -0.2) is 8.42 Å². The number of benzene rings is 1. The standard InChI is InChI=1S/C11H15F3N2O3S/c1-3-16(7-11(12,13)14)20(17,18)10-5-4-8(15)6-9(10)19-2/h4-6H,3,7,15H2,1-2H3. The number of ether oxygens (including phenoxy) is 1. The molecule has 114 valence electrons. The highest BCUT2D eigenvalue weighted by molar-refractivity contribution is 7.89. The third-order valence-corrected chi connectivity index (χ3v) is 4.47. The van der Waals surface area contributed by atoms with Crippen LogP contribution < -0.4 is 10.5 Å². The van der Waals surface area contributed by atoms with Crippen LogP contribution in [0.3, 0.4) is 0 Å². The maximum atomic E-state index is 12.4. The number of rotatable bonds is 5. The molecule has 0 saturated carbocycles. The third kappa shape index (κ3) is 3.76.